The summed E-state index contributed by atoms with van der Waals surface area (Å²) in [7, 11) is 0. The lowest BCUT2D eigenvalue weighted by atomic mass is 9.85. The second-order valence-corrected chi connectivity index (χ2v) is 8.95. The van der Waals surface area contributed by atoms with Crippen molar-refractivity contribution in [3.8, 4) is 0 Å². The highest BCUT2D eigenvalue weighted by Gasteiger charge is 2.24. The number of piperidine rings is 2. The second-order valence-electron chi connectivity index (χ2n) is 7.91. The molecule has 3 rings (SSSR count). The van der Waals surface area contributed by atoms with E-state index in [-0.39, 0.29) is 5.91 Å². The Bertz CT molecular complexity index is 513. The molecule has 2 aliphatic heterocycles. The van der Waals surface area contributed by atoms with Gasteiger partial charge in [-0.25, -0.2) is 0 Å². The Morgan fingerprint density at radius 1 is 1.44 bits per heavy atom. The van der Waals surface area contributed by atoms with Gasteiger partial charge in [0.1, 0.15) is 0 Å². The van der Waals surface area contributed by atoms with Crippen LogP contribution in [0.25, 0.3) is 0 Å². The molecule has 0 spiro atoms. The Balaban J connectivity index is 1.36. The minimum atomic E-state index is 0.244. The number of carbonyl (C=O) groups is 1. The van der Waals surface area contributed by atoms with E-state index >= 15 is 0 Å². The molecule has 1 aromatic rings. The van der Waals surface area contributed by atoms with E-state index < -0.39 is 0 Å². The summed E-state index contributed by atoms with van der Waals surface area (Å²) in [6, 6.07) is 4.35. The van der Waals surface area contributed by atoms with Crippen molar-refractivity contribution < 1.29 is 4.79 Å². The van der Waals surface area contributed by atoms with Crippen LogP contribution in [0.4, 0.5) is 0 Å². The quantitative estimate of drug-likeness (QED) is 0.782. The third kappa shape index (κ3) is 6.08. The molecule has 2 fully saturated rings. The lowest BCUT2D eigenvalue weighted by molar-refractivity contribution is -0.122. The van der Waals surface area contributed by atoms with Gasteiger partial charge in [0.2, 0.25) is 5.91 Å². The van der Waals surface area contributed by atoms with Gasteiger partial charge < -0.3 is 10.6 Å². The maximum Gasteiger partial charge on any atom is 0.220 e. The molecule has 5 heteroatoms. The summed E-state index contributed by atoms with van der Waals surface area (Å²) in [5.41, 5.74) is 0. The van der Waals surface area contributed by atoms with Crippen molar-refractivity contribution in [2.75, 3.05) is 32.7 Å². The van der Waals surface area contributed by atoms with Crippen LogP contribution < -0.4 is 10.6 Å². The highest BCUT2D eigenvalue weighted by atomic mass is 32.1. The van der Waals surface area contributed by atoms with E-state index in [9.17, 15) is 4.79 Å². The Morgan fingerprint density at radius 3 is 3.12 bits per heavy atom. The van der Waals surface area contributed by atoms with Crippen LogP contribution in [0.1, 0.15) is 43.9 Å². The standard InChI is InChI=1S/C20H33N3OS/c1-16(18-6-2-8-21-13-18)11-20(24)22-12-17-5-3-9-23(14-17)15-19-7-4-10-25-19/h4,7,10,16-18,21H,2-3,5-6,8-9,11-15H2,1H3,(H,22,24). The summed E-state index contributed by atoms with van der Waals surface area (Å²) in [6.07, 6.45) is 5.68. The van der Waals surface area contributed by atoms with E-state index in [2.05, 4.69) is 40.0 Å². The van der Waals surface area contributed by atoms with Crippen LogP contribution in [0.5, 0.6) is 0 Å². The van der Waals surface area contributed by atoms with Crippen molar-refractivity contribution in [1.82, 2.24) is 15.5 Å². The van der Waals surface area contributed by atoms with Crippen LogP contribution in [0, 0.1) is 17.8 Å². The Morgan fingerprint density at radius 2 is 2.36 bits per heavy atom. The van der Waals surface area contributed by atoms with Gasteiger partial charge in [0.05, 0.1) is 0 Å². The van der Waals surface area contributed by atoms with Crippen LogP contribution >= 0.6 is 11.3 Å². The Labute approximate surface area is 156 Å². The molecule has 0 aliphatic carbocycles. The first-order chi connectivity index (χ1) is 12.2. The molecule has 0 radical (unpaired) electrons. The molecule has 1 aromatic heterocycles. The molecule has 0 aromatic carbocycles. The maximum absolute atomic E-state index is 12.3. The van der Waals surface area contributed by atoms with Crippen LogP contribution in [-0.4, -0.2) is 43.5 Å². The smallest absolute Gasteiger partial charge is 0.220 e. The molecule has 1 amide bonds. The minimum absolute atomic E-state index is 0.244. The number of nitrogens with one attached hydrogen (secondary N) is 2. The van der Waals surface area contributed by atoms with Crippen LogP contribution in [-0.2, 0) is 11.3 Å². The van der Waals surface area contributed by atoms with Gasteiger partial charge in [-0.3, -0.25) is 9.69 Å². The highest BCUT2D eigenvalue weighted by molar-refractivity contribution is 7.09. The third-order valence-corrected chi connectivity index (χ3v) is 6.66. The summed E-state index contributed by atoms with van der Waals surface area (Å²) in [4.78, 5) is 16.3. The molecule has 3 heterocycles. The first-order valence-electron chi connectivity index (χ1n) is 9.93. The summed E-state index contributed by atoms with van der Waals surface area (Å²) in [5, 5.41) is 8.83. The van der Waals surface area contributed by atoms with Gasteiger partial charge in [-0.15, -0.1) is 11.3 Å². The van der Waals surface area contributed by atoms with Crippen molar-refractivity contribution >= 4 is 17.2 Å². The molecule has 2 aliphatic rings. The van der Waals surface area contributed by atoms with Crippen molar-refractivity contribution in [3.05, 3.63) is 22.4 Å². The molecule has 2 N–H and O–H groups in total. The molecule has 0 saturated carbocycles. The summed E-state index contributed by atoms with van der Waals surface area (Å²) in [6.45, 7) is 8.66. The summed E-state index contributed by atoms with van der Waals surface area (Å²) in [5.74, 6) is 1.99. The van der Waals surface area contributed by atoms with Gasteiger partial charge >= 0.3 is 0 Å². The molecular formula is C20H33N3OS. The molecular weight excluding hydrogens is 330 g/mol. The molecule has 0 bridgehead atoms. The predicted octanol–water partition coefficient (Wildman–Crippen LogP) is 3.10. The molecule has 25 heavy (non-hydrogen) atoms. The molecule has 2 saturated heterocycles. The molecule has 140 valence electrons. The number of thiophene rings is 1. The van der Waals surface area contributed by atoms with Crippen LogP contribution in [0.15, 0.2) is 17.5 Å². The fourth-order valence-corrected chi connectivity index (χ4v) is 4.98. The first-order valence-corrected chi connectivity index (χ1v) is 10.8. The number of likely N-dealkylation sites (tertiary alicyclic amines) is 1. The lowest BCUT2D eigenvalue weighted by Crippen LogP contribution is -2.41. The van der Waals surface area contributed by atoms with E-state index in [1.807, 2.05) is 11.3 Å². The van der Waals surface area contributed by atoms with E-state index in [1.165, 1.54) is 37.1 Å². The van der Waals surface area contributed by atoms with Crippen LogP contribution in [0.2, 0.25) is 0 Å². The van der Waals surface area contributed by atoms with Crippen molar-refractivity contribution in [2.24, 2.45) is 17.8 Å². The summed E-state index contributed by atoms with van der Waals surface area (Å²) < 4.78 is 0. The largest absolute Gasteiger partial charge is 0.356 e. The second kappa shape index (κ2) is 9.70. The van der Waals surface area contributed by atoms with E-state index in [1.54, 1.807) is 0 Å². The first kappa shape index (κ1) is 18.9. The van der Waals surface area contributed by atoms with E-state index in [0.29, 0.717) is 24.2 Å². The zero-order chi connectivity index (χ0) is 17.5. The van der Waals surface area contributed by atoms with Crippen molar-refractivity contribution in [3.63, 3.8) is 0 Å². The van der Waals surface area contributed by atoms with Crippen molar-refractivity contribution in [1.29, 1.82) is 0 Å². The fraction of sp³-hybridized carbons (Fsp3) is 0.750. The predicted molar refractivity (Wildman–Crippen MR) is 105 cm³/mol. The Kier molecular flexibility index (Phi) is 7.32. The zero-order valence-electron chi connectivity index (χ0n) is 15.5. The van der Waals surface area contributed by atoms with E-state index in [4.69, 9.17) is 0 Å². The van der Waals surface area contributed by atoms with Gasteiger partial charge in [0.15, 0.2) is 0 Å². The molecule has 4 nitrogen and oxygen atoms in total. The van der Waals surface area contributed by atoms with Gasteiger partial charge in [-0.1, -0.05) is 13.0 Å². The van der Waals surface area contributed by atoms with Gasteiger partial charge in [0, 0.05) is 30.9 Å². The highest BCUT2D eigenvalue weighted by Crippen LogP contribution is 2.23. The van der Waals surface area contributed by atoms with Gasteiger partial charge in [-0.2, -0.15) is 0 Å². The number of nitrogens with zero attached hydrogens (tertiary/aromatic N) is 1. The number of hydrogen-bond donors (Lipinski definition) is 2. The SMILES string of the molecule is CC(CC(=O)NCC1CCCN(Cc2cccs2)C1)C1CCCNC1. The molecule has 3 unspecified atom stereocenters. The average molecular weight is 364 g/mol. The Hall–Kier alpha value is -0.910. The average Bonchev–Trinajstić information content (AvgIpc) is 3.14. The number of hydrogen-bond acceptors (Lipinski definition) is 4. The fourth-order valence-electron chi connectivity index (χ4n) is 4.24. The number of amides is 1. The van der Waals surface area contributed by atoms with Gasteiger partial charge in [-0.05, 0) is 74.5 Å². The monoisotopic (exact) mass is 363 g/mol. The molecule has 3 atom stereocenters. The maximum atomic E-state index is 12.3. The van der Waals surface area contributed by atoms with Crippen LogP contribution in [0.3, 0.4) is 0 Å². The van der Waals surface area contributed by atoms with Crippen molar-refractivity contribution in [2.45, 2.75) is 45.6 Å². The lowest BCUT2D eigenvalue weighted by Gasteiger charge is -2.32. The number of carbonyl (C=O) groups excluding carboxylic acids is 1. The summed E-state index contributed by atoms with van der Waals surface area (Å²) >= 11 is 1.84. The topological polar surface area (TPSA) is 44.4 Å². The minimum Gasteiger partial charge on any atom is -0.356 e. The zero-order valence-corrected chi connectivity index (χ0v) is 16.3. The third-order valence-electron chi connectivity index (χ3n) is 5.80. The normalized spacial score (nSPS) is 26.3. The number of rotatable bonds is 7. The van der Waals surface area contributed by atoms with E-state index in [0.717, 1.165) is 32.7 Å². The van der Waals surface area contributed by atoms with Gasteiger partial charge in [0.25, 0.3) is 0 Å².